The number of nitrogens with one attached hydrogen (secondary N) is 1. The molecule has 3 heteroatoms. The summed E-state index contributed by atoms with van der Waals surface area (Å²) >= 11 is 0. The van der Waals surface area contributed by atoms with Crippen molar-refractivity contribution >= 4 is 5.91 Å². The second kappa shape index (κ2) is 6.39. The normalized spacial score (nSPS) is 30.8. The van der Waals surface area contributed by atoms with Crippen molar-refractivity contribution in [1.82, 2.24) is 5.32 Å². The monoisotopic (exact) mass is 238 g/mol. The van der Waals surface area contributed by atoms with E-state index >= 15 is 0 Å². The van der Waals surface area contributed by atoms with E-state index in [0.717, 1.165) is 44.1 Å². The maximum Gasteiger partial charge on any atom is 0.220 e. The third-order valence-electron chi connectivity index (χ3n) is 4.44. The van der Waals surface area contributed by atoms with Gasteiger partial charge in [-0.25, -0.2) is 0 Å². The molecule has 3 unspecified atom stereocenters. The van der Waals surface area contributed by atoms with Crippen molar-refractivity contribution in [2.75, 3.05) is 6.54 Å². The number of rotatable bonds is 7. The predicted octanol–water partition coefficient (Wildman–Crippen LogP) is 2.20. The van der Waals surface area contributed by atoms with Crippen molar-refractivity contribution in [3.8, 4) is 0 Å². The van der Waals surface area contributed by atoms with Gasteiger partial charge >= 0.3 is 0 Å². The fourth-order valence-electron chi connectivity index (χ4n) is 3.48. The highest BCUT2D eigenvalue weighted by atomic mass is 16.1. The Morgan fingerprint density at radius 1 is 1.12 bits per heavy atom. The highest BCUT2D eigenvalue weighted by Gasteiger charge is 2.39. The van der Waals surface area contributed by atoms with Gasteiger partial charge in [0.25, 0.3) is 0 Å². The minimum absolute atomic E-state index is 0.273. The number of unbranched alkanes of at least 4 members (excludes halogenated alkanes) is 3. The highest BCUT2D eigenvalue weighted by Crippen LogP contribution is 2.44. The molecule has 2 fully saturated rings. The summed E-state index contributed by atoms with van der Waals surface area (Å²) in [5, 5.41) is 3.24. The van der Waals surface area contributed by atoms with Gasteiger partial charge in [0.1, 0.15) is 0 Å². The van der Waals surface area contributed by atoms with Crippen LogP contribution in [0.5, 0.6) is 0 Å². The Morgan fingerprint density at radius 3 is 2.59 bits per heavy atom. The van der Waals surface area contributed by atoms with Gasteiger partial charge in [-0.15, -0.1) is 0 Å². The lowest BCUT2D eigenvalue weighted by atomic mass is 9.95. The van der Waals surface area contributed by atoms with E-state index in [4.69, 9.17) is 5.73 Å². The smallest absolute Gasteiger partial charge is 0.220 e. The summed E-state index contributed by atoms with van der Waals surface area (Å²) in [6.07, 6.45) is 10.5. The van der Waals surface area contributed by atoms with E-state index in [1.54, 1.807) is 0 Å². The van der Waals surface area contributed by atoms with Crippen molar-refractivity contribution in [3.63, 3.8) is 0 Å². The summed E-state index contributed by atoms with van der Waals surface area (Å²) in [5.41, 5.74) is 5.43. The highest BCUT2D eigenvalue weighted by molar-refractivity contribution is 5.76. The Labute approximate surface area is 105 Å². The number of hydrogen-bond acceptors (Lipinski definition) is 2. The summed E-state index contributed by atoms with van der Waals surface area (Å²) in [6, 6.07) is 0.505. The molecule has 2 aliphatic rings. The topological polar surface area (TPSA) is 55.1 Å². The number of fused-ring (bicyclic) bond motifs is 2. The van der Waals surface area contributed by atoms with E-state index < -0.39 is 0 Å². The molecule has 0 heterocycles. The Hall–Kier alpha value is -0.570. The third kappa shape index (κ3) is 3.70. The molecule has 1 amide bonds. The van der Waals surface area contributed by atoms with E-state index in [9.17, 15) is 4.79 Å². The van der Waals surface area contributed by atoms with E-state index in [1.807, 2.05) is 0 Å². The average Bonchev–Trinajstić information content (AvgIpc) is 2.90. The van der Waals surface area contributed by atoms with Crippen molar-refractivity contribution in [2.45, 2.75) is 63.8 Å². The quantitative estimate of drug-likeness (QED) is 0.668. The van der Waals surface area contributed by atoms with Crippen LogP contribution in [-0.4, -0.2) is 18.5 Å². The minimum Gasteiger partial charge on any atom is -0.353 e. The second-order valence-corrected chi connectivity index (χ2v) is 5.80. The first-order chi connectivity index (χ1) is 8.29. The molecule has 2 saturated carbocycles. The molecular weight excluding hydrogens is 212 g/mol. The molecule has 0 aliphatic heterocycles. The number of carbonyl (C=O) groups excluding carboxylic acids is 1. The molecular formula is C14H26N2O. The SMILES string of the molecule is NCCCCCCC(=O)NC1CC2CCC1C2. The Kier molecular flexibility index (Phi) is 4.84. The van der Waals surface area contributed by atoms with Gasteiger partial charge in [0.2, 0.25) is 5.91 Å². The lowest BCUT2D eigenvalue weighted by Gasteiger charge is -2.22. The van der Waals surface area contributed by atoms with Crippen LogP contribution in [0.3, 0.4) is 0 Å². The minimum atomic E-state index is 0.273. The zero-order valence-corrected chi connectivity index (χ0v) is 10.8. The summed E-state index contributed by atoms with van der Waals surface area (Å²) < 4.78 is 0. The lowest BCUT2D eigenvalue weighted by molar-refractivity contribution is -0.122. The summed E-state index contributed by atoms with van der Waals surface area (Å²) in [6.45, 7) is 0.775. The van der Waals surface area contributed by atoms with Crippen molar-refractivity contribution in [1.29, 1.82) is 0 Å². The zero-order chi connectivity index (χ0) is 12.1. The van der Waals surface area contributed by atoms with Crippen LogP contribution in [0.25, 0.3) is 0 Å². The molecule has 3 N–H and O–H groups in total. The molecule has 0 spiro atoms. The Bertz CT molecular complexity index is 255. The van der Waals surface area contributed by atoms with Gasteiger partial charge in [-0.05, 0) is 50.5 Å². The molecule has 17 heavy (non-hydrogen) atoms. The first-order valence-electron chi connectivity index (χ1n) is 7.29. The summed E-state index contributed by atoms with van der Waals surface area (Å²) in [7, 11) is 0. The van der Waals surface area contributed by atoms with Gasteiger partial charge in [0, 0.05) is 12.5 Å². The molecule has 3 atom stereocenters. The van der Waals surface area contributed by atoms with Crippen LogP contribution >= 0.6 is 0 Å². The van der Waals surface area contributed by atoms with Crippen LogP contribution in [0.4, 0.5) is 0 Å². The average molecular weight is 238 g/mol. The molecule has 2 aliphatic carbocycles. The van der Waals surface area contributed by atoms with Crippen LogP contribution in [0, 0.1) is 11.8 Å². The standard InChI is InChI=1S/C14H26N2O/c15-8-4-2-1-3-5-14(17)16-13-10-11-6-7-12(13)9-11/h11-13H,1-10,15H2,(H,16,17). The molecule has 0 aromatic rings. The van der Waals surface area contributed by atoms with Crippen molar-refractivity contribution < 1.29 is 4.79 Å². The largest absolute Gasteiger partial charge is 0.353 e. The van der Waals surface area contributed by atoms with E-state index in [2.05, 4.69) is 5.32 Å². The van der Waals surface area contributed by atoms with Crippen LogP contribution in [0.1, 0.15) is 57.8 Å². The molecule has 2 bridgehead atoms. The third-order valence-corrected chi connectivity index (χ3v) is 4.44. The molecule has 0 saturated heterocycles. The fraction of sp³-hybridized carbons (Fsp3) is 0.929. The fourth-order valence-corrected chi connectivity index (χ4v) is 3.48. The molecule has 2 rings (SSSR count). The predicted molar refractivity (Wildman–Crippen MR) is 69.5 cm³/mol. The van der Waals surface area contributed by atoms with Gasteiger partial charge in [0.15, 0.2) is 0 Å². The van der Waals surface area contributed by atoms with Crippen molar-refractivity contribution in [2.24, 2.45) is 17.6 Å². The number of nitrogens with two attached hydrogens (primary N) is 1. The summed E-state index contributed by atoms with van der Waals surface area (Å²) in [4.78, 5) is 11.8. The van der Waals surface area contributed by atoms with Gasteiger partial charge in [-0.1, -0.05) is 19.3 Å². The second-order valence-electron chi connectivity index (χ2n) is 5.80. The molecule has 0 radical (unpaired) electrons. The first kappa shape index (κ1) is 12.9. The summed E-state index contributed by atoms with van der Waals surface area (Å²) in [5.74, 6) is 1.98. The molecule has 0 aromatic carbocycles. The Balaban J connectivity index is 1.55. The van der Waals surface area contributed by atoms with Crippen LogP contribution < -0.4 is 11.1 Å². The molecule has 98 valence electrons. The molecule has 0 aromatic heterocycles. The first-order valence-corrected chi connectivity index (χ1v) is 7.29. The maximum atomic E-state index is 11.8. The lowest BCUT2D eigenvalue weighted by Crippen LogP contribution is -2.38. The van der Waals surface area contributed by atoms with Crippen LogP contribution in [-0.2, 0) is 4.79 Å². The van der Waals surface area contributed by atoms with Gasteiger partial charge in [0.05, 0.1) is 0 Å². The van der Waals surface area contributed by atoms with E-state index in [0.29, 0.717) is 12.5 Å². The van der Waals surface area contributed by atoms with Crippen LogP contribution in [0.15, 0.2) is 0 Å². The maximum absolute atomic E-state index is 11.8. The van der Waals surface area contributed by atoms with Gasteiger partial charge < -0.3 is 11.1 Å². The van der Waals surface area contributed by atoms with E-state index in [-0.39, 0.29) is 5.91 Å². The van der Waals surface area contributed by atoms with Gasteiger partial charge in [-0.2, -0.15) is 0 Å². The zero-order valence-electron chi connectivity index (χ0n) is 10.8. The number of hydrogen-bond donors (Lipinski definition) is 2. The molecule has 3 nitrogen and oxygen atoms in total. The Morgan fingerprint density at radius 2 is 1.94 bits per heavy atom. The van der Waals surface area contributed by atoms with Crippen LogP contribution in [0.2, 0.25) is 0 Å². The van der Waals surface area contributed by atoms with E-state index in [1.165, 1.54) is 25.7 Å². The number of amides is 1. The van der Waals surface area contributed by atoms with Crippen molar-refractivity contribution in [3.05, 3.63) is 0 Å². The number of carbonyl (C=O) groups is 1. The van der Waals surface area contributed by atoms with Gasteiger partial charge in [-0.3, -0.25) is 4.79 Å².